The number of nitrogens with zero attached hydrogens (tertiary/aromatic N) is 1. The summed E-state index contributed by atoms with van der Waals surface area (Å²) in [5, 5.41) is 3.16. The maximum absolute atomic E-state index is 12.0. The first-order valence-corrected chi connectivity index (χ1v) is 7.97. The molecular weight excluding hydrogens is 262 g/mol. The van der Waals surface area contributed by atoms with Gasteiger partial charge in [-0.1, -0.05) is 43.7 Å². The minimum Gasteiger partial charge on any atom is -0.352 e. The summed E-state index contributed by atoms with van der Waals surface area (Å²) >= 11 is 0. The molecule has 1 fully saturated rings. The van der Waals surface area contributed by atoms with Crippen molar-refractivity contribution < 1.29 is 4.79 Å². The van der Waals surface area contributed by atoms with E-state index in [4.69, 9.17) is 5.73 Å². The van der Waals surface area contributed by atoms with Crippen LogP contribution in [0.3, 0.4) is 0 Å². The Kier molecular flexibility index (Phi) is 6.21. The fourth-order valence-corrected chi connectivity index (χ4v) is 2.88. The molecule has 1 amide bonds. The lowest BCUT2D eigenvalue weighted by atomic mass is 10.0. The fourth-order valence-electron chi connectivity index (χ4n) is 2.88. The van der Waals surface area contributed by atoms with Gasteiger partial charge in [0, 0.05) is 32.1 Å². The van der Waals surface area contributed by atoms with E-state index < -0.39 is 0 Å². The Morgan fingerprint density at radius 3 is 2.86 bits per heavy atom. The first-order chi connectivity index (χ1) is 10.2. The third-order valence-electron chi connectivity index (χ3n) is 4.27. The van der Waals surface area contributed by atoms with Crippen molar-refractivity contribution in [3.8, 4) is 0 Å². The van der Waals surface area contributed by atoms with Gasteiger partial charge in [0.15, 0.2) is 0 Å². The smallest absolute Gasteiger partial charge is 0.220 e. The van der Waals surface area contributed by atoms with Gasteiger partial charge in [-0.3, -0.25) is 9.69 Å². The first kappa shape index (κ1) is 16.0. The van der Waals surface area contributed by atoms with Crippen LogP contribution in [-0.2, 0) is 11.3 Å². The van der Waals surface area contributed by atoms with Crippen LogP contribution in [0.5, 0.6) is 0 Å². The lowest BCUT2D eigenvalue weighted by Gasteiger charge is -2.18. The maximum atomic E-state index is 12.0. The van der Waals surface area contributed by atoms with Gasteiger partial charge >= 0.3 is 0 Å². The molecule has 116 valence electrons. The average Bonchev–Trinajstić information content (AvgIpc) is 2.92. The number of nitrogens with one attached hydrogen (secondary N) is 1. The molecule has 21 heavy (non-hydrogen) atoms. The van der Waals surface area contributed by atoms with Crippen LogP contribution in [0.1, 0.15) is 31.7 Å². The Morgan fingerprint density at radius 2 is 2.19 bits per heavy atom. The number of rotatable bonds is 7. The van der Waals surface area contributed by atoms with Gasteiger partial charge < -0.3 is 11.1 Å². The number of hydrogen-bond donors (Lipinski definition) is 2. The monoisotopic (exact) mass is 289 g/mol. The summed E-state index contributed by atoms with van der Waals surface area (Å²) in [4.78, 5) is 14.4. The molecule has 0 spiro atoms. The van der Waals surface area contributed by atoms with E-state index >= 15 is 0 Å². The first-order valence-electron chi connectivity index (χ1n) is 7.97. The van der Waals surface area contributed by atoms with Gasteiger partial charge in [-0.05, 0) is 24.4 Å². The molecule has 2 unspecified atom stereocenters. The lowest BCUT2D eigenvalue weighted by Crippen LogP contribution is -2.38. The van der Waals surface area contributed by atoms with E-state index in [9.17, 15) is 4.79 Å². The summed E-state index contributed by atoms with van der Waals surface area (Å²) in [5.41, 5.74) is 6.99. The largest absolute Gasteiger partial charge is 0.352 e. The Labute approximate surface area is 127 Å². The summed E-state index contributed by atoms with van der Waals surface area (Å²) in [6.45, 7) is 5.64. The van der Waals surface area contributed by atoms with E-state index in [-0.39, 0.29) is 11.9 Å². The summed E-state index contributed by atoms with van der Waals surface area (Å²) in [6.07, 6.45) is 2.56. The average molecular weight is 289 g/mol. The van der Waals surface area contributed by atoms with Crippen LogP contribution in [-0.4, -0.2) is 36.5 Å². The predicted molar refractivity (Wildman–Crippen MR) is 85.7 cm³/mol. The van der Waals surface area contributed by atoms with E-state index in [1.807, 2.05) is 6.07 Å². The summed E-state index contributed by atoms with van der Waals surface area (Å²) < 4.78 is 0. The minimum atomic E-state index is 0.152. The number of carbonyl (C=O) groups excluding carboxylic acids is 1. The van der Waals surface area contributed by atoms with E-state index in [0.29, 0.717) is 18.9 Å². The second kappa shape index (κ2) is 8.15. The van der Waals surface area contributed by atoms with Crippen molar-refractivity contribution in [3.05, 3.63) is 35.9 Å². The molecule has 4 heteroatoms. The van der Waals surface area contributed by atoms with Crippen molar-refractivity contribution in [1.82, 2.24) is 10.2 Å². The van der Waals surface area contributed by atoms with Crippen molar-refractivity contribution in [2.45, 2.75) is 38.8 Å². The molecule has 1 aliphatic rings. The van der Waals surface area contributed by atoms with Crippen molar-refractivity contribution in [2.75, 3.05) is 19.6 Å². The number of carbonyl (C=O) groups is 1. The third-order valence-corrected chi connectivity index (χ3v) is 4.27. The summed E-state index contributed by atoms with van der Waals surface area (Å²) in [6, 6.07) is 10.8. The van der Waals surface area contributed by atoms with Crippen LogP contribution < -0.4 is 11.1 Å². The predicted octanol–water partition coefficient (Wildman–Crippen LogP) is 1.75. The molecule has 0 radical (unpaired) electrons. The van der Waals surface area contributed by atoms with Gasteiger partial charge in [0.2, 0.25) is 5.91 Å². The van der Waals surface area contributed by atoms with Crippen LogP contribution in [0.15, 0.2) is 30.3 Å². The Bertz CT molecular complexity index is 431. The number of amides is 1. The zero-order chi connectivity index (χ0) is 15.1. The lowest BCUT2D eigenvalue weighted by molar-refractivity contribution is -0.122. The van der Waals surface area contributed by atoms with Gasteiger partial charge in [0.25, 0.3) is 0 Å². The second-order valence-corrected chi connectivity index (χ2v) is 5.99. The normalized spacial score (nSPS) is 20.4. The molecule has 0 saturated carbocycles. The summed E-state index contributed by atoms with van der Waals surface area (Å²) in [7, 11) is 0. The molecule has 1 saturated heterocycles. The minimum absolute atomic E-state index is 0.152. The highest BCUT2D eigenvalue weighted by molar-refractivity contribution is 5.76. The standard InChI is InChI=1S/C17H27N3O/c1-2-14(11-18)10-17(21)19-16-8-9-20(13-16)12-15-6-4-3-5-7-15/h3-7,14,16H,2,8-13,18H2,1H3,(H,19,21). The Balaban J connectivity index is 1.73. The van der Waals surface area contributed by atoms with E-state index in [2.05, 4.69) is 41.4 Å². The van der Waals surface area contributed by atoms with E-state index in [1.54, 1.807) is 0 Å². The zero-order valence-corrected chi connectivity index (χ0v) is 12.9. The highest BCUT2D eigenvalue weighted by Gasteiger charge is 2.24. The van der Waals surface area contributed by atoms with Crippen LogP contribution in [0, 0.1) is 5.92 Å². The van der Waals surface area contributed by atoms with Crippen molar-refractivity contribution >= 4 is 5.91 Å². The molecule has 3 N–H and O–H groups in total. The number of hydrogen-bond acceptors (Lipinski definition) is 3. The molecule has 0 aliphatic carbocycles. The fraction of sp³-hybridized carbons (Fsp3) is 0.588. The molecule has 4 nitrogen and oxygen atoms in total. The molecule has 0 bridgehead atoms. The zero-order valence-electron chi connectivity index (χ0n) is 12.9. The highest BCUT2D eigenvalue weighted by atomic mass is 16.1. The summed E-state index contributed by atoms with van der Waals surface area (Å²) in [5.74, 6) is 0.464. The van der Waals surface area contributed by atoms with Crippen LogP contribution in [0.2, 0.25) is 0 Å². The number of likely N-dealkylation sites (tertiary alicyclic amines) is 1. The van der Waals surface area contributed by atoms with Crippen LogP contribution in [0.25, 0.3) is 0 Å². The van der Waals surface area contributed by atoms with Gasteiger partial charge in [-0.2, -0.15) is 0 Å². The number of nitrogens with two attached hydrogens (primary N) is 1. The highest BCUT2D eigenvalue weighted by Crippen LogP contribution is 2.14. The van der Waals surface area contributed by atoms with Gasteiger partial charge in [0.05, 0.1) is 0 Å². The third kappa shape index (κ3) is 5.14. The molecule has 1 aromatic carbocycles. The van der Waals surface area contributed by atoms with Crippen molar-refractivity contribution in [3.63, 3.8) is 0 Å². The van der Waals surface area contributed by atoms with Crippen LogP contribution >= 0.6 is 0 Å². The van der Waals surface area contributed by atoms with Crippen LogP contribution in [0.4, 0.5) is 0 Å². The molecule has 1 aromatic rings. The van der Waals surface area contributed by atoms with Crippen molar-refractivity contribution in [1.29, 1.82) is 0 Å². The SMILES string of the molecule is CCC(CN)CC(=O)NC1CCN(Cc2ccccc2)C1. The quantitative estimate of drug-likeness (QED) is 0.804. The molecule has 1 aliphatic heterocycles. The maximum Gasteiger partial charge on any atom is 0.220 e. The van der Waals surface area contributed by atoms with Crippen molar-refractivity contribution in [2.24, 2.45) is 11.7 Å². The Morgan fingerprint density at radius 1 is 1.43 bits per heavy atom. The van der Waals surface area contributed by atoms with E-state index in [1.165, 1.54) is 5.56 Å². The Hall–Kier alpha value is -1.39. The van der Waals surface area contributed by atoms with Gasteiger partial charge in [-0.25, -0.2) is 0 Å². The molecule has 2 rings (SSSR count). The molecule has 1 heterocycles. The molecular formula is C17H27N3O. The van der Waals surface area contributed by atoms with Gasteiger partial charge in [0.1, 0.15) is 0 Å². The number of benzene rings is 1. The van der Waals surface area contributed by atoms with Gasteiger partial charge in [-0.15, -0.1) is 0 Å². The molecule has 0 aromatic heterocycles. The second-order valence-electron chi connectivity index (χ2n) is 5.99. The van der Waals surface area contributed by atoms with E-state index in [0.717, 1.165) is 32.5 Å². The topological polar surface area (TPSA) is 58.4 Å². The molecule has 2 atom stereocenters.